The molecule has 0 aromatic carbocycles. The number of carbonyl (C=O) groups excluding carboxylic acids is 2. The normalized spacial score (nSPS) is 25.2. The summed E-state index contributed by atoms with van der Waals surface area (Å²) in [5.41, 5.74) is 1.60. The third-order valence-electron chi connectivity index (χ3n) is 6.43. The van der Waals surface area contributed by atoms with E-state index in [-0.39, 0.29) is 18.0 Å². The van der Waals surface area contributed by atoms with E-state index < -0.39 is 5.41 Å². The van der Waals surface area contributed by atoms with Gasteiger partial charge in [0.25, 0.3) is 5.91 Å². The maximum Gasteiger partial charge on any atom is 0.312 e. The molecule has 146 valence electrons. The van der Waals surface area contributed by atoms with Crippen molar-refractivity contribution in [3.63, 3.8) is 0 Å². The molecule has 27 heavy (non-hydrogen) atoms. The zero-order chi connectivity index (χ0) is 19.0. The SMILES string of the molecule is Cc1ncnc(C)c1C(=O)N1CCC2(CC1)CC(CN1CCCC1)OC2=O. The average Bonchev–Trinajstić information content (AvgIpc) is 3.24. The van der Waals surface area contributed by atoms with Crippen LogP contribution in [0.2, 0.25) is 0 Å². The second-order valence-electron chi connectivity index (χ2n) is 8.23. The smallest absolute Gasteiger partial charge is 0.312 e. The number of piperidine rings is 1. The number of carbonyl (C=O) groups is 2. The van der Waals surface area contributed by atoms with Gasteiger partial charge in [-0.15, -0.1) is 0 Å². The number of hydrogen-bond acceptors (Lipinski definition) is 6. The molecule has 0 bridgehead atoms. The molecular formula is C20H28N4O3. The minimum absolute atomic E-state index is 0.00450. The summed E-state index contributed by atoms with van der Waals surface area (Å²) >= 11 is 0. The van der Waals surface area contributed by atoms with E-state index >= 15 is 0 Å². The number of nitrogens with zero attached hydrogens (tertiary/aromatic N) is 4. The number of hydrogen-bond donors (Lipinski definition) is 0. The average molecular weight is 372 g/mol. The Hall–Kier alpha value is -2.02. The fourth-order valence-electron chi connectivity index (χ4n) is 4.80. The van der Waals surface area contributed by atoms with Crippen LogP contribution < -0.4 is 0 Å². The molecule has 3 aliphatic rings. The van der Waals surface area contributed by atoms with Crippen molar-refractivity contribution < 1.29 is 14.3 Å². The number of aromatic nitrogens is 2. The summed E-state index contributed by atoms with van der Waals surface area (Å²) in [6.45, 7) is 7.92. The molecule has 1 unspecified atom stereocenters. The van der Waals surface area contributed by atoms with Crippen molar-refractivity contribution in [1.82, 2.24) is 19.8 Å². The maximum atomic E-state index is 12.9. The van der Waals surface area contributed by atoms with Gasteiger partial charge in [0.2, 0.25) is 0 Å². The van der Waals surface area contributed by atoms with Crippen LogP contribution >= 0.6 is 0 Å². The molecule has 3 aliphatic heterocycles. The summed E-state index contributed by atoms with van der Waals surface area (Å²) in [6.07, 6.45) is 6.12. The van der Waals surface area contributed by atoms with Gasteiger partial charge in [0, 0.05) is 26.1 Å². The number of ether oxygens (including phenoxy) is 1. The molecule has 1 atom stereocenters. The highest BCUT2D eigenvalue weighted by Gasteiger charge is 2.51. The zero-order valence-corrected chi connectivity index (χ0v) is 16.2. The van der Waals surface area contributed by atoms with Gasteiger partial charge in [0.15, 0.2) is 0 Å². The molecule has 3 fully saturated rings. The summed E-state index contributed by atoms with van der Waals surface area (Å²) in [4.78, 5) is 38.1. The van der Waals surface area contributed by atoms with Crippen molar-refractivity contribution in [1.29, 1.82) is 0 Å². The molecule has 4 heterocycles. The first-order valence-electron chi connectivity index (χ1n) is 9.99. The third kappa shape index (κ3) is 3.45. The molecule has 0 saturated carbocycles. The van der Waals surface area contributed by atoms with Gasteiger partial charge in [-0.25, -0.2) is 9.97 Å². The monoisotopic (exact) mass is 372 g/mol. The molecule has 4 rings (SSSR count). The molecule has 1 aromatic rings. The lowest BCUT2D eigenvalue weighted by Crippen LogP contribution is -2.45. The van der Waals surface area contributed by atoms with Crippen LogP contribution in [0, 0.1) is 19.3 Å². The number of esters is 1. The lowest BCUT2D eigenvalue weighted by molar-refractivity contribution is -0.150. The molecule has 0 radical (unpaired) electrons. The van der Waals surface area contributed by atoms with E-state index in [4.69, 9.17) is 4.74 Å². The second kappa shape index (κ2) is 7.19. The number of rotatable bonds is 3. The van der Waals surface area contributed by atoms with Crippen LogP contribution in [-0.2, 0) is 9.53 Å². The molecule has 0 aliphatic carbocycles. The molecule has 0 N–H and O–H groups in total. The highest BCUT2D eigenvalue weighted by Crippen LogP contribution is 2.43. The van der Waals surface area contributed by atoms with E-state index in [0.717, 1.165) is 26.1 Å². The lowest BCUT2D eigenvalue weighted by atomic mass is 9.76. The highest BCUT2D eigenvalue weighted by molar-refractivity contribution is 5.96. The standard InChI is InChI=1S/C20H28N4O3/c1-14-17(15(2)22-13-21-14)18(25)24-9-5-20(6-10-24)11-16(27-19(20)26)12-23-7-3-4-8-23/h13,16H,3-12H2,1-2H3. The van der Waals surface area contributed by atoms with Gasteiger partial charge in [0.05, 0.1) is 22.4 Å². The number of likely N-dealkylation sites (tertiary alicyclic amines) is 2. The van der Waals surface area contributed by atoms with E-state index in [2.05, 4.69) is 14.9 Å². The first kappa shape index (κ1) is 18.3. The van der Waals surface area contributed by atoms with Gasteiger partial charge in [-0.2, -0.15) is 0 Å². The van der Waals surface area contributed by atoms with E-state index in [1.54, 1.807) is 0 Å². The van der Waals surface area contributed by atoms with Gasteiger partial charge in [-0.1, -0.05) is 0 Å². The van der Waals surface area contributed by atoms with Crippen LogP contribution in [-0.4, -0.2) is 70.5 Å². The van der Waals surface area contributed by atoms with E-state index in [9.17, 15) is 9.59 Å². The molecule has 1 amide bonds. The van der Waals surface area contributed by atoms with Crippen molar-refractivity contribution in [2.45, 2.75) is 52.1 Å². The Morgan fingerprint density at radius 1 is 1.15 bits per heavy atom. The second-order valence-corrected chi connectivity index (χ2v) is 8.23. The molecule has 7 nitrogen and oxygen atoms in total. The van der Waals surface area contributed by atoms with E-state index in [1.807, 2.05) is 18.7 Å². The Morgan fingerprint density at radius 3 is 2.41 bits per heavy atom. The van der Waals surface area contributed by atoms with Gasteiger partial charge in [-0.3, -0.25) is 14.5 Å². The predicted molar refractivity (Wildman–Crippen MR) is 99.2 cm³/mol. The van der Waals surface area contributed by atoms with Crippen molar-refractivity contribution in [2.75, 3.05) is 32.7 Å². The topological polar surface area (TPSA) is 75.6 Å². The summed E-state index contributed by atoms with van der Waals surface area (Å²) in [5.74, 6) is -0.0883. The van der Waals surface area contributed by atoms with Crippen molar-refractivity contribution in [2.24, 2.45) is 5.41 Å². The summed E-state index contributed by atoms with van der Waals surface area (Å²) in [7, 11) is 0. The number of aryl methyl sites for hydroxylation is 2. The number of amides is 1. The van der Waals surface area contributed by atoms with E-state index in [1.165, 1.54) is 19.2 Å². The van der Waals surface area contributed by atoms with Crippen LogP contribution in [0.1, 0.15) is 53.8 Å². The van der Waals surface area contributed by atoms with Crippen LogP contribution in [0.3, 0.4) is 0 Å². The van der Waals surface area contributed by atoms with Crippen LogP contribution in [0.15, 0.2) is 6.33 Å². The minimum Gasteiger partial charge on any atom is -0.461 e. The van der Waals surface area contributed by atoms with Crippen LogP contribution in [0.25, 0.3) is 0 Å². The Labute approximate surface area is 160 Å². The van der Waals surface area contributed by atoms with Gasteiger partial charge >= 0.3 is 5.97 Å². The van der Waals surface area contributed by atoms with Gasteiger partial charge in [-0.05, 0) is 52.6 Å². The molecule has 3 saturated heterocycles. The predicted octanol–water partition coefficient (Wildman–Crippen LogP) is 1.73. The van der Waals surface area contributed by atoms with Gasteiger partial charge in [0.1, 0.15) is 12.4 Å². The summed E-state index contributed by atoms with van der Waals surface area (Å²) in [5, 5.41) is 0. The highest BCUT2D eigenvalue weighted by atomic mass is 16.6. The quantitative estimate of drug-likeness (QED) is 0.752. The largest absolute Gasteiger partial charge is 0.461 e. The molecule has 7 heteroatoms. The fourth-order valence-corrected chi connectivity index (χ4v) is 4.80. The van der Waals surface area contributed by atoms with Crippen LogP contribution in [0.5, 0.6) is 0 Å². The lowest BCUT2D eigenvalue weighted by Gasteiger charge is -2.36. The van der Waals surface area contributed by atoms with Crippen molar-refractivity contribution in [3.8, 4) is 0 Å². The van der Waals surface area contributed by atoms with Crippen molar-refractivity contribution in [3.05, 3.63) is 23.3 Å². The number of cyclic esters (lactones) is 1. The maximum absolute atomic E-state index is 12.9. The third-order valence-corrected chi connectivity index (χ3v) is 6.43. The summed E-state index contributed by atoms with van der Waals surface area (Å²) < 4.78 is 5.73. The Morgan fingerprint density at radius 2 is 1.78 bits per heavy atom. The minimum atomic E-state index is -0.404. The zero-order valence-electron chi connectivity index (χ0n) is 16.2. The van der Waals surface area contributed by atoms with Crippen molar-refractivity contribution >= 4 is 11.9 Å². The fraction of sp³-hybridized carbons (Fsp3) is 0.700. The van der Waals surface area contributed by atoms with E-state index in [0.29, 0.717) is 42.9 Å². The molecule has 1 spiro atoms. The van der Waals surface area contributed by atoms with Gasteiger partial charge < -0.3 is 9.64 Å². The Kier molecular flexibility index (Phi) is 4.88. The Bertz CT molecular complexity index is 716. The summed E-state index contributed by atoms with van der Waals surface area (Å²) in [6, 6.07) is 0. The van der Waals surface area contributed by atoms with Crippen LogP contribution in [0.4, 0.5) is 0 Å². The first-order valence-corrected chi connectivity index (χ1v) is 9.99. The Balaban J connectivity index is 1.39. The molecule has 1 aromatic heterocycles. The first-order chi connectivity index (χ1) is 13.0. The molecular weight excluding hydrogens is 344 g/mol.